The maximum Gasteiger partial charge on any atom is 0.286 e. The summed E-state index contributed by atoms with van der Waals surface area (Å²) >= 11 is 1.48. The van der Waals surface area contributed by atoms with Gasteiger partial charge in [0.1, 0.15) is 5.75 Å². The number of ether oxygens (including phenoxy) is 1. The molecular weight excluding hydrogens is 382 g/mol. The molecule has 0 aliphatic carbocycles. The van der Waals surface area contributed by atoms with Crippen molar-refractivity contribution in [2.75, 3.05) is 32.8 Å². The molecule has 2 aromatic rings. The summed E-state index contributed by atoms with van der Waals surface area (Å²) in [7, 11) is 0. The van der Waals surface area contributed by atoms with E-state index >= 15 is 0 Å². The molecule has 0 bridgehead atoms. The molecule has 0 radical (unpaired) electrons. The number of amides is 1. The number of nitrogens with zero attached hydrogens (tertiary/aromatic N) is 3. The van der Waals surface area contributed by atoms with Crippen LogP contribution in [0.25, 0.3) is 6.08 Å². The Bertz CT molecular complexity index is 901. The molecule has 2 heterocycles. The average molecular weight is 408 g/mol. The van der Waals surface area contributed by atoms with Crippen LogP contribution in [0.5, 0.6) is 5.75 Å². The first kappa shape index (κ1) is 19.7. The number of carbonyl (C=O) groups is 1. The van der Waals surface area contributed by atoms with Crippen LogP contribution in [-0.4, -0.2) is 53.7 Å². The topological polar surface area (TPSA) is 45.1 Å². The van der Waals surface area contributed by atoms with Gasteiger partial charge in [0, 0.05) is 32.7 Å². The second kappa shape index (κ2) is 9.29. The van der Waals surface area contributed by atoms with E-state index in [4.69, 9.17) is 4.74 Å². The quantitative estimate of drug-likeness (QED) is 0.704. The van der Waals surface area contributed by atoms with Gasteiger partial charge in [-0.3, -0.25) is 9.69 Å². The van der Waals surface area contributed by atoms with E-state index in [1.54, 1.807) is 0 Å². The van der Waals surface area contributed by atoms with Gasteiger partial charge in [-0.1, -0.05) is 42.5 Å². The Morgan fingerprint density at radius 2 is 1.76 bits per heavy atom. The van der Waals surface area contributed by atoms with Crippen LogP contribution in [0.4, 0.5) is 0 Å². The van der Waals surface area contributed by atoms with Crippen molar-refractivity contribution in [1.29, 1.82) is 0 Å². The van der Waals surface area contributed by atoms with Gasteiger partial charge in [0.05, 0.1) is 11.5 Å². The van der Waals surface area contributed by atoms with Crippen LogP contribution in [0.2, 0.25) is 0 Å². The summed E-state index contributed by atoms with van der Waals surface area (Å²) in [4.78, 5) is 22.0. The first-order valence-electron chi connectivity index (χ1n) is 9.98. The second-order valence-corrected chi connectivity index (χ2v) is 8.07. The Balaban J connectivity index is 1.33. The van der Waals surface area contributed by atoms with Crippen molar-refractivity contribution in [1.82, 2.24) is 9.80 Å². The third-order valence-electron chi connectivity index (χ3n) is 4.99. The smallest absolute Gasteiger partial charge is 0.286 e. The highest BCUT2D eigenvalue weighted by molar-refractivity contribution is 8.18. The van der Waals surface area contributed by atoms with E-state index in [2.05, 4.69) is 39.1 Å². The maximum atomic E-state index is 12.4. The van der Waals surface area contributed by atoms with E-state index in [-0.39, 0.29) is 5.91 Å². The summed E-state index contributed by atoms with van der Waals surface area (Å²) in [6.07, 6.45) is 1.91. The minimum atomic E-state index is -0.148. The van der Waals surface area contributed by atoms with Gasteiger partial charge >= 0.3 is 0 Å². The van der Waals surface area contributed by atoms with Crippen molar-refractivity contribution >= 4 is 28.9 Å². The molecule has 0 N–H and O–H groups in total. The Labute approximate surface area is 176 Å². The molecule has 4 rings (SSSR count). The van der Waals surface area contributed by atoms with Gasteiger partial charge < -0.3 is 9.64 Å². The molecule has 6 heteroatoms. The maximum absolute atomic E-state index is 12.4. The summed E-state index contributed by atoms with van der Waals surface area (Å²) in [5.74, 6) is 0.691. The number of amidine groups is 1. The molecule has 0 aromatic heterocycles. The fourth-order valence-electron chi connectivity index (χ4n) is 3.45. The highest BCUT2D eigenvalue weighted by Crippen LogP contribution is 2.31. The molecule has 0 unspecified atom stereocenters. The lowest BCUT2D eigenvalue weighted by Gasteiger charge is -2.35. The summed E-state index contributed by atoms with van der Waals surface area (Å²) in [6.45, 7) is 7.30. The summed E-state index contributed by atoms with van der Waals surface area (Å²) in [5, 5.41) is 0.826. The third-order valence-corrected chi connectivity index (χ3v) is 6.03. The zero-order valence-corrected chi connectivity index (χ0v) is 17.4. The Hall–Kier alpha value is -2.57. The standard InChI is InChI=1S/C23H25N3O2S/c1-2-28-20-10-8-18(9-11-20)16-21-22(27)24-23(29-21)26-14-12-25(13-15-26)17-19-6-4-3-5-7-19/h3-11,16H,2,12-15,17H2,1H3/b21-16+. The van der Waals surface area contributed by atoms with Gasteiger partial charge in [-0.05, 0) is 48.0 Å². The Kier molecular flexibility index (Phi) is 6.32. The van der Waals surface area contributed by atoms with Crippen LogP contribution in [0.1, 0.15) is 18.1 Å². The fraction of sp³-hybridized carbons (Fsp3) is 0.304. The molecule has 0 saturated carbocycles. The van der Waals surface area contributed by atoms with Crippen LogP contribution in [0, 0.1) is 0 Å². The van der Waals surface area contributed by atoms with Crippen LogP contribution in [0.3, 0.4) is 0 Å². The molecule has 29 heavy (non-hydrogen) atoms. The van der Waals surface area contributed by atoms with Gasteiger partial charge in [-0.15, -0.1) is 0 Å². The number of carbonyl (C=O) groups excluding carboxylic acids is 1. The van der Waals surface area contributed by atoms with Gasteiger partial charge in [0.25, 0.3) is 5.91 Å². The largest absolute Gasteiger partial charge is 0.494 e. The lowest BCUT2D eigenvalue weighted by Crippen LogP contribution is -2.47. The highest BCUT2D eigenvalue weighted by Gasteiger charge is 2.28. The minimum Gasteiger partial charge on any atom is -0.494 e. The number of aliphatic imine (C=N–C) groups is 1. The zero-order valence-electron chi connectivity index (χ0n) is 16.6. The number of piperazine rings is 1. The van der Waals surface area contributed by atoms with E-state index in [1.807, 2.05) is 43.3 Å². The lowest BCUT2D eigenvalue weighted by molar-refractivity contribution is -0.113. The molecule has 0 spiro atoms. The molecule has 1 fully saturated rings. The van der Waals surface area contributed by atoms with Crippen LogP contribution >= 0.6 is 11.8 Å². The highest BCUT2D eigenvalue weighted by atomic mass is 32.2. The van der Waals surface area contributed by atoms with E-state index in [0.717, 1.165) is 49.2 Å². The van der Waals surface area contributed by atoms with Crippen molar-refractivity contribution in [3.63, 3.8) is 0 Å². The molecule has 0 atom stereocenters. The SMILES string of the molecule is CCOc1ccc(/C=C2/SC(N3CCN(Cc4ccccc4)CC3)=NC2=O)cc1. The number of benzene rings is 2. The second-order valence-electron chi connectivity index (χ2n) is 7.06. The average Bonchev–Trinajstić information content (AvgIpc) is 3.11. The predicted octanol–water partition coefficient (Wildman–Crippen LogP) is 3.87. The first-order chi connectivity index (χ1) is 14.2. The number of thioether (sulfide) groups is 1. The number of hydrogen-bond acceptors (Lipinski definition) is 5. The van der Waals surface area contributed by atoms with Crippen molar-refractivity contribution in [2.24, 2.45) is 4.99 Å². The summed E-state index contributed by atoms with van der Waals surface area (Å²) in [6, 6.07) is 18.3. The van der Waals surface area contributed by atoms with E-state index in [0.29, 0.717) is 11.5 Å². The Morgan fingerprint density at radius 1 is 1.03 bits per heavy atom. The van der Waals surface area contributed by atoms with Crippen LogP contribution in [0.15, 0.2) is 64.5 Å². The van der Waals surface area contributed by atoms with E-state index in [9.17, 15) is 4.79 Å². The summed E-state index contributed by atoms with van der Waals surface area (Å²) in [5.41, 5.74) is 2.32. The van der Waals surface area contributed by atoms with Gasteiger partial charge in [0.15, 0.2) is 5.17 Å². The van der Waals surface area contributed by atoms with Gasteiger partial charge in [-0.25, -0.2) is 0 Å². The van der Waals surface area contributed by atoms with Crippen molar-refractivity contribution in [3.8, 4) is 5.75 Å². The Morgan fingerprint density at radius 3 is 2.45 bits per heavy atom. The number of hydrogen-bond donors (Lipinski definition) is 0. The molecule has 2 aliphatic heterocycles. The first-order valence-corrected chi connectivity index (χ1v) is 10.8. The minimum absolute atomic E-state index is 0.148. The molecule has 2 aromatic carbocycles. The van der Waals surface area contributed by atoms with Crippen LogP contribution in [-0.2, 0) is 11.3 Å². The van der Waals surface area contributed by atoms with Crippen molar-refractivity contribution < 1.29 is 9.53 Å². The fourth-order valence-corrected chi connectivity index (χ4v) is 4.42. The van der Waals surface area contributed by atoms with Gasteiger partial charge in [0.2, 0.25) is 0 Å². The monoisotopic (exact) mass is 407 g/mol. The third kappa shape index (κ3) is 5.08. The van der Waals surface area contributed by atoms with Gasteiger partial charge in [-0.2, -0.15) is 4.99 Å². The normalized spacial score (nSPS) is 18.9. The van der Waals surface area contributed by atoms with Crippen molar-refractivity contribution in [2.45, 2.75) is 13.5 Å². The predicted molar refractivity (Wildman–Crippen MR) is 119 cm³/mol. The van der Waals surface area contributed by atoms with E-state index in [1.165, 1.54) is 17.3 Å². The zero-order chi connectivity index (χ0) is 20.1. The number of rotatable bonds is 5. The van der Waals surface area contributed by atoms with E-state index < -0.39 is 0 Å². The lowest BCUT2D eigenvalue weighted by atomic mass is 10.2. The molecule has 1 amide bonds. The molecule has 2 aliphatic rings. The molecule has 1 saturated heterocycles. The molecule has 150 valence electrons. The summed E-state index contributed by atoms with van der Waals surface area (Å²) < 4.78 is 5.47. The van der Waals surface area contributed by atoms with Crippen molar-refractivity contribution in [3.05, 3.63) is 70.6 Å². The van der Waals surface area contributed by atoms with Crippen LogP contribution < -0.4 is 4.74 Å². The molecular formula is C23H25N3O2S. The molecule has 5 nitrogen and oxygen atoms in total.